The number of hydrogen-bond donors (Lipinski definition) is 1. The van der Waals surface area contributed by atoms with Crippen LogP contribution in [0.4, 0.5) is 5.69 Å². The highest BCUT2D eigenvalue weighted by Crippen LogP contribution is 2.04. The zero-order valence-electron chi connectivity index (χ0n) is 9.26. The zero-order valence-corrected chi connectivity index (χ0v) is 9.26. The molecule has 5 heteroatoms. The number of nitrogens with zero attached hydrogens (tertiary/aromatic N) is 3. The van der Waals surface area contributed by atoms with Gasteiger partial charge in [0.15, 0.2) is 0 Å². The van der Waals surface area contributed by atoms with Crippen molar-refractivity contribution in [2.45, 2.75) is 0 Å². The SMILES string of the molecule is N#CCN(CC#N)C(=O)CNc1ccccc1. The lowest BCUT2D eigenvalue weighted by atomic mass is 10.3. The molecule has 1 aromatic rings. The second kappa shape index (κ2) is 6.86. The van der Waals surface area contributed by atoms with Gasteiger partial charge in [0.1, 0.15) is 13.1 Å². The van der Waals surface area contributed by atoms with Crippen molar-refractivity contribution < 1.29 is 4.79 Å². The molecular weight excluding hydrogens is 216 g/mol. The average molecular weight is 228 g/mol. The van der Waals surface area contributed by atoms with Crippen LogP contribution in [0, 0.1) is 22.7 Å². The molecule has 1 amide bonds. The smallest absolute Gasteiger partial charge is 0.243 e. The van der Waals surface area contributed by atoms with Gasteiger partial charge in [0.2, 0.25) is 5.91 Å². The Labute approximate surface area is 99.9 Å². The molecule has 0 fully saturated rings. The van der Waals surface area contributed by atoms with E-state index < -0.39 is 0 Å². The molecule has 0 saturated heterocycles. The number of nitriles is 2. The maximum atomic E-state index is 11.7. The standard InChI is InChI=1S/C12H12N4O/c13-6-8-16(9-7-14)12(17)10-15-11-4-2-1-3-5-11/h1-5,15H,8-10H2. The van der Waals surface area contributed by atoms with Crippen LogP contribution in [0.2, 0.25) is 0 Å². The molecule has 0 bridgehead atoms. The first kappa shape index (κ1) is 12.5. The van der Waals surface area contributed by atoms with Gasteiger partial charge in [-0.25, -0.2) is 0 Å². The molecule has 5 nitrogen and oxygen atoms in total. The van der Waals surface area contributed by atoms with E-state index >= 15 is 0 Å². The Kier molecular flexibility index (Phi) is 5.06. The molecule has 86 valence electrons. The lowest BCUT2D eigenvalue weighted by molar-refractivity contribution is -0.128. The maximum Gasteiger partial charge on any atom is 0.243 e. The molecule has 1 N–H and O–H groups in total. The monoisotopic (exact) mass is 228 g/mol. The largest absolute Gasteiger partial charge is 0.376 e. The van der Waals surface area contributed by atoms with Crippen LogP contribution in [-0.4, -0.2) is 30.4 Å². The summed E-state index contributed by atoms with van der Waals surface area (Å²) in [5, 5.41) is 20.0. The van der Waals surface area contributed by atoms with E-state index in [-0.39, 0.29) is 25.5 Å². The number of anilines is 1. The molecule has 0 radical (unpaired) electrons. The quantitative estimate of drug-likeness (QED) is 0.761. The average Bonchev–Trinajstić information content (AvgIpc) is 2.37. The van der Waals surface area contributed by atoms with Crippen LogP contribution in [-0.2, 0) is 4.79 Å². The summed E-state index contributed by atoms with van der Waals surface area (Å²) < 4.78 is 0. The second-order valence-corrected chi connectivity index (χ2v) is 3.29. The van der Waals surface area contributed by atoms with Crippen LogP contribution in [0.5, 0.6) is 0 Å². The third-order valence-corrected chi connectivity index (χ3v) is 2.09. The fourth-order valence-corrected chi connectivity index (χ4v) is 1.25. The van der Waals surface area contributed by atoms with Gasteiger partial charge in [-0.15, -0.1) is 0 Å². The van der Waals surface area contributed by atoms with Crippen LogP contribution < -0.4 is 5.32 Å². The number of para-hydroxylation sites is 1. The summed E-state index contributed by atoms with van der Waals surface area (Å²) in [5.41, 5.74) is 0.828. The van der Waals surface area contributed by atoms with Gasteiger partial charge in [0.05, 0.1) is 18.7 Å². The van der Waals surface area contributed by atoms with E-state index in [0.29, 0.717) is 0 Å². The molecule has 0 aliphatic heterocycles. The Morgan fingerprint density at radius 3 is 2.29 bits per heavy atom. The number of nitrogens with one attached hydrogen (secondary N) is 1. The van der Waals surface area contributed by atoms with Gasteiger partial charge >= 0.3 is 0 Å². The van der Waals surface area contributed by atoms with Crippen molar-refractivity contribution in [3.63, 3.8) is 0 Å². The van der Waals surface area contributed by atoms with Crippen molar-refractivity contribution in [3.05, 3.63) is 30.3 Å². The van der Waals surface area contributed by atoms with Crippen LogP contribution in [0.15, 0.2) is 30.3 Å². The van der Waals surface area contributed by atoms with Crippen molar-refractivity contribution in [1.29, 1.82) is 10.5 Å². The molecule has 0 unspecified atom stereocenters. The minimum atomic E-state index is -0.267. The van der Waals surface area contributed by atoms with Crippen molar-refractivity contribution in [2.24, 2.45) is 0 Å². The molecule has 0 spiro atoms. The van der Waals surface area contributed by atoms with Gasteiger partial charge in [-0.2, -0.15) is 10.5 Å². The lowest BCUT2D eigenvalue weighted by Gasteiger charge is -2.16. The highest BCUT2D eigenvalue weighted by Gasteiger charge is 2.11. The van der Waals surface area contributed by atoms with Gasteiger partial charge in [0, 0.05) is 5.69 Å². The number of benzene rings is 1. The summed E-state index contributed by atoms with van der Waals surface area (Å²) in [7, 11) is 0. The van der Waals surface area contributed by atoms with Crippen LogP contribution in [0.1, 0.15) is 0 Å². The third kappa shape index (κ3) is 4.23. The Balaban J connectivity index is 2.48. The van der Waals surface area contributed by atoms with Gasteiger partial charge in [0.25, 0.3) is 0 Å². The van der Waals surface area contributed by atoms with Gasteiger partial charge in [-0.3, -0.25) is 4.79 Å². The fraction of sp³-hybridized carbons (Fsp3) is 0.250. The highest BCUT2D eigenvalue weighted by atomic mass is 16.2. The van der Waals surface area contributed by atoms with Crippen molar-refractivity contribution in [3.8, 4) is 12.1 Å². The minimum absolute atomic E-state index is 0.0666. The maximum absolute atomic E-state index is 11.7. The molecule has 1 rings (SSSR count). The molecule has 0 atom stereocenters. The Hall–Kier alpha value is -2.53. The van der Waals surface area contributed by atoms with Crippen LogP contribution >= 0.6 is 0 Å². The molecule has 0 aliphatic carbocycles. The van der Waals surface area contributed by atoms with Gasteiger partial charge in [-0.1, -0.05) is 18.2 Å². The van der Waals surface area contributed by atoms with Gasteiger partial charge in [-0.05, 0) is 12.1 Å². The Morgan fingerprint density at radius 1 is 1.18 bits per heavy atom. The molecule has 0 aromatic heterocycles. The topological polar surface area (TPSA) is 79.9 Å². The van der Waals surface area contributed by atoms with E-state index in [4.69, 9.17) is 10.5 Å². The van der Waals surface area contributed by atoms with E-state index in [1.54, 1.807) is 0 Å². The van der Waals surface area contributed by atoms with Crippen molar-refractivity contribution in [2.75, 3.05) is 25.0 Å². The van der Waals surface area contributed by atoms with Crippen LogP contribution in [0.25, 0.3) is 0 Å². The summed E-state index contributed by atoms with van der Waals surface area (Å²) in [6.07, 6.45) is 0. The fourth-order valence-electron chi connectivity index (χ4n) is 1.25. The van der Waals surface area contributed by atoms with E-state index in [1.807, 2.05) is 42.5 Å². The highest BCUT2D eigenvalue weighted by molar-refractivity contribution is 5.81. The summed E-state index contributed by atoms with van der Waals surface area (Å²) in [4.78, 5) is 12.9. The van der Waals surface area contributed by atoms with Crippen molar-refractivity contribution in [1.82, 2.24) is 4.90 Å². The molecule has 0 heterocycles. The zero-order chi connectivity index (χ0) is 12.5. The Morgan fingerprint density at radius 2 is 1.76 bits per heavy atom. The number of carbonyl (C=O) groups excluding carboxylic acids is 1. The lowest BCUT2D eigenvalue weighted by Crippen LogP contribution is -2.36. The molecule has 0 saturated carbocycles. The molecule has 0 aliphatic rings. The van der Waals surface area contributed by atoms with Crippen molar-refractivity contribution >= 4 is 11.6 Å². The minimum Gasteiger partial charge on any atom is -0.376 e. The summed E-state index contributed by atoms with van der Waals surface area (Å²) >= 11 is 0. The molecular formula is C12H12N4O. The number of amides is 1. The van der Waals surface area contributed by atoms with E-state index in [9.17, 15) is 4.79 Å². The number of rotatable bonds is 5. The third-order valence-electron chi connectivity index (χ3n) is 2.09. The predicted octanol–water partition coefficient (Wildman–Crippen LogP) is 0.974. The van der Waals surface area contributed by atoms with E-state index in [1.165, 1.54) is 4.90 Å². The predicted molar refractivity (Wildman–Crippen MR) is 62.7 cm³/mol. The first-order valence-corrected chi connectivity index (χ1v) is 5.08. The first-order chi connectivity index (χ1) is 8.27. The van der Waals surface area contributed by atoms with E-state index in [2.05, 4.69) is 5.32 Å². The van der Waals surface area contributed by atoms with E-state index in [0.717, 1.165) is 5.69 Å². The summed E-state index contributed by atoms with van der Waals surface area (Å²) in [6.45, 7) is -0.0564. The Bertz CT molecular complexity index is 428. The van der Waals surface area contributed by atoms with Crippen LogP contribution in [0.3, 0.4) is 0 Å². The molecule has 1 aromatic carbocycles. The van der Waals surface area contributed by atoms with Gasteiger partial charge < -0.3 is 10.2 Å². The summed E-state index contributed by atoms with van der Waals surface area (Å²) in [5.74, 6) is -0.267. The number of hydrogen-bond acceptors (Lipinski definition) is 4. The molecule has 17 heavy (non-hydrogen) atoms. The summed E-state index contributed by atoms with van der Waals surface area (Å²) in [6, 6.07) is 13.0. The second-order valence-electron chi connectivity index (χ2n) is 3.29. The first-order valence-electron chi connectivity index (χ1n) is 5.08. The normalized spacial score (nSPS) is 8.82. The number of carbonyl (C=O) groups is 1.